The van der Waals surface area contributed by atoms with E-state index in [0.717, 1.165) is 37.2 Å². The van der Waals surface area contributed by atoms with E-state index in [2.05, 4.69) is 33.3 Å². The van der Waals surface area contributed by atoms with Crippen molar-refractivity contribution in [3.63, 3.8) is 0 Å². The molecule has 2 N–H and O–H groups in total. The smallest absolute Gasteiger partial charge is 0.332 e. The number of anilines is 1. The van der Waals surface area contributed by atoms with Gasteiger partial charge in [-0.2, -0.15) is 0 Å². The molecule has 2 aromatic heterocycles. The maximum absolute atomic E-state index is 12.9. The van der Waals surface area contributed by atoms with Crippen molar-refractivity contribution in [1.29, 1.82) is 0 Å². The number of carbonyl (C=O) groups is 3. The van der Waals surface area contributed by atoms with Crippen molar-refractivity contribution >= 4 is 29.1 Å². The number of fused-ring (bicyclic) bond motifs is 1. The average Bonchev–Trinajstić information content (AvgIpc) is 3.70. The fraction of sp³-hybridized carbons (Fsp3) is 0.516. The van der Waals surface area contributed by atoms with Gasteiger partial charge in [0, 0.05) is 37.6 Å². The zero-order chi connectivity index (χ0) is 29.4. The summed E-state index contributed by atoms with van der Waals surface area (Å²) >= 11 is 0. The molecule has 11 nitrogen and oxygen atoms in total. The Morgan fingerprint density at radius 2 is 1.69 bits per heavy atom. The van der Waals surface area contributed by atoms with Crippen molar-refractivity contribution in [2.45, 2.75) is 64.2 Å². The maximum atomic E-state index is 12.9. The second kappa shape index (κ2) is 11.4. The summed E-state index contributed by atoms with van der Waals surface area (Å²) in [6.07, 6.45) is 4.01. The zero-order valence-electron chi connectivity index (χ0n) is 24.1. The van der Waals surface area contributed by atoms with E-state index in [1.165, 1.54) is 6.42 Å². The molecule has 3 aromatic rings. The molecule has 2 amide bonds. The van der Waals surface area contributed by atoms with Crippen LogP contribution in [0.2, 0.25) is 0 Å². The van der Waals surface area contributed by atoms with E-state index in [9.17, 15) is 14.4 Å². The molecule has 0 bridgehead atoms. The first kappa shape index (κ1) is 28.1. The second-order valence-electron chi connectivity index (χ2n) is 12.4. The number of pyridine rings is 1. The number of aryl methyl sites for hydroxylation is 1. The van der Waals surface area contributed by atoms with Crippen LogP contribution < -0.4 is 10.2 Å². The fourth-order valence-corrected chi connectivity index (χ4v) is 6.67. The van der Waals surface area contributed by atoms with E-state index in [1.807, 2.05) is 49.5 Å². The molecular weight excluding hydrogens is 536 g/mol. The quantitative estimate of drug-likeness (QED) is 0.476. The van der Waals surface area contributed by atoms with Gasteiger partial charge in [0.05, 0.1) is 11.9 Å². The summed E-state index contributed by atoms with van der Waals surface area (Å²) in [4.78, 5) is 45.1. The number of nitrogens with zero attached hydrogens (tertiary/aromatic N) is 5. The van der Waals surface area contributed by atoms with E-state index in [4.69, 9.17) is 9.84 Å². The van der Waals surface area contributed by atoms with Crippen LogP contribution in [0.25, 0.3) is 5.65 Å². The van der Waals surface area contributed by atoms with E-state index < -0.39 is 18.2 Å². The number of ether oxygens (including phenoxy) is 1. The van der Waals surface area contributed by atoms with Crippen LogP contribution in [0.15, 0.2) is 48.7 Å². The minimum absolute atomic E-state index is 0.0308. The van der Waals surface area contributed by atoms with Gasteiger partial charge < -0.3 is 25.0 Å². The summed E-state index contributed by atoms with van der Waals surface area (Å²) < 4.78 is 7.10. The fourth-order valence-electron chi connectivity index (χ4n) is 6.67. The highest BCUT2D eigenvalue weighted by Gasteiger charge is 2.55. The molecule has 4 fully saturated rings. The molecule has 4 aliphatic rings. The summed E-state index contributed by atoms with van der Waals surface area (Å²) in [5, 5.41) is 16.6. The topological polar surface area (TPSA) is 129 Å². The minimum Gasteiger partial charge on any atom is -0.479 e. The lowest BCUT2D eigenvalue weighted by atomic mass is 9.60. The van der Waals surface area contributed by atoms with Gasteiger partial charge in [-0.1, -0.05) is 43.3 Å². The number of hydrogen-bond donors (Lipinski definition) is 2. The Hall–Kier alpha value is -3.99. The minimum atomic E-state index is -1.01. The van der Waals surface area contributed by atoms with E-state index >= 15 is 0 Å². The maximum Gasteiger partial charge on any atom is 0.332 e. The number of carbonyl (C=O) groups excluding carboxylic acids is 2. The van der Waals surface area contributed by atoms with Crippen LogP contribution >= 0.6 is 0 Å². The van der Waals surface area contributed by atoms with Crippen molar-refractivity contribution in [2.24, 2.45) is 11.3 Å². The normalized spacial score (nSPS) is 24.6. The van der Waals surface area contributed by atoms with E-state index in [-0.39, 0.29) is 29.1 Å². The third-order valence-corrected chi connectivity index (χ3v) is 8.89. The number of carboxylic acids is 1. The Bertz CT molecular complexity index is 1430. The van der Waals surface area contributed by atoms with E-state index in [0.29, 0.717) is 37.5 Å². The summed E-state index contributed by atoms with van der Waals surface area (Å²) in [6, 6.07) is 14.1. The Morgan fingerprint density at radius 3 is 2.29 bits per heavy atom. The average molecular weight is 575 g/mol. The van der Waals surface area contributed by atoms with Crippen LogP contribution in [-0.4, -0.2) is 86.8 Å². The first-order chi connectivity index (χ1) is 20.2. The number of rotatable bonds is 5. The number of hydrogen-bond acceptors (Lipinski definition) is 7. The number of likely N-dealkylation sites (tertiary alicyclic amines) is 1. The van der Waals surface area contributed by atoms with Crippen molar-refractivity contribution in [1.82, 2.24) is 24.8 Å². The van der Waals surface area contributed by atoms with E-state index in [1.54, 1.807) is 9.42 Å². The lowest BCUT2D eigenvalue weighted by Gasteiger charge is -2.59. The third kappa shape index (κ3) is 5.70. The molecule has 1 aliphatic carbocycles. The monoisotopic (exact) mass is 574 g/mol. The number of nitrogens with one attached hydrogen (secondary N) is 1. The largest absolute Gasteiger partial charge is 0.479 e. The highest BCUT2D eigenvalue weighted by atomic mass is 16.5. The summed E-state index contributed by atoms with van der Waals surface area (Å²) in [5.41, 5.74) is 2.81. The van der Waals surface area contributed by atoms with Crippen molar-refractivity contribution in [3.05, 3.63) is 60.0 Å². The molecule has 222 valence electrons. The third-order valence-electron chi connectivity index (χ3n) is 8.89. The van der Waals surface area contributed by atoms with Crippen LogP contribution in [0.1, 0.15) is 55.2 Å². The van der Waals surface area contributed by atoms with Crippen LogP contribution in [0.5, 0.6) is 0 Å². The second-order valence-corrected chi connectivity index (χ2v) is 12.4. The lowest BCUT2D eigenvalue weighted by Crippen LogP contribution is -2.68. The van der Waals surface area contributed by atoms with Gasteiger partial charge in [-0.05, 0) is 56.6 Å². The van der Waals surface area contributed by atoms with Gasteiger partial charge >= 0.3 is 5.97 Å². The van der Waals surface area contributed by atoms with Gasteiger partial charge in [0.15, 0.2) is 11.8 Å². The molecule has 3 atom stereocenters. The summed E-state index contributed by atoms with van der Waals surface area (Å²) in [6.45, 7) is 7.55. The molecule has 0 radical (unpaired) electrons. The summed E-state index contributed by atoms with van der Waals surface area (Å²) in [5.74, 6) is -0.572. The molecule has 7 rings (SSSR count). The van der Waals surface area contributed by atoms with Gasteiger partial charge in [-0.3, -0.25) is 9.59 Å². The predicted molar refractivity (Wildman–Crippen MR) is 155 cm³/mol. The molecule has 1 saturated carbocycles. The molecule has 11 heteroatoms. The molecule has 3 saturated heterocycles. The van der Waals surface area contributed by atoms with Gasteiger partial charge in [0.1, 0.15) is 6.10 Å². The van der Waals surface area contributed by atoms with Crippen molar-refractivity contribution in [3.8, 4) is 0 Å². The molecule has 3 aliphatic heterocycles. The molecule has 42 heavy (non-hydrogen) atoms. The zero-order valence-corrected chi connectivity index (χ0v) is 24.1. The van der Waals surface area contributed by atoms with Gasteiger partial charge in [0.2, 0.25) is 5.82 Å². The molecular formula is C31H38N6O5. The van der Waals surface area contributed by atoms with Crippen LogP contribution in [0.3, 0.4) is 0 Å². The Morgan fingerprint density at radius 1 is 1.02 bits per heavy atom. The number of amides is 2. The molecule has 1 spiro atoms. The van der Waals surface area contributed by atoms with Gasteiger partial charge in [-0.25, -0.2) is 14.3 Å². The molecule has 1 aromatic carbocycles. The highest BCUT2D eigenvalue weighted by molar-refractivity contribution is 5.91. The van der Waals surface area contributed by atoms with Crippen molar-refractivity contribution in [2.75, 3.05) is 31.1 Å². The van der Waals surface area contributed by atoms with Crippen LogP contribution in [0, 0.1) is 18.3 Å². The number of carboxylic acid groups (broad SMARTS) is 1. The Labute approximate surface area is 244 Å². The lowest BCUT2D eigenvalue weighted by molar-refractivity contribution is -0.166. The number of aromatic nitrogens is 3. The van der Waals surface area contributed by atoms with Gasteiger partial charge in [-0.15, -0.1) is 5.10 Å². The molecule has 3 unspecified atom stereocenters. The SMILES string of the molecule is Cc1cc(N2CCC(C)C2)cn2nc(C(=O)NC3CC4(C3)CN(C(=O)C3CCC(C(=O)O)O3)C4)nc12.c1ccccc1. The standard InChI is InChI=1S/C25H32N6O5.C6H6/c1-14-5-6-29(10-14)17-7-15(2)21-27-20(28-31(21)11-17)22(32)26-16-8-25(9-16)12-30(13-25)23(33)18-3-4-19(36-18)24(34)35;1-2-4-6-5-3-1/h7,11,14,16,18-19H,3-6,8-10,12-13H2,1-2H3,(H,26,32)(H,34,35);1-6H. The Kier molecular flexibility index (Phi) is 7.61. The highest BCUT2D eigenvalue weighted by Crippen LogP contribution is 2.49. The molecule has 5 heterocycles. The van der Waals surface area contributed by atoms with Crippen LogP contribution in [-0.2, 0) is 14.3 Å². The first-order valence-electron chi connectivity index (χ1n) is 14.8. The Balaban J connectivity index is 0.000000470. The first-order valence-corrected chi connectivity index (χ1v) is 14.8. The number of aliphatic carboxylic acids is 1. The van der Waals surface area contributed by atoms with Crippen LogP contribution in [0.4, 0.5) is 5.69 Å². The summed E-state index contributed by atoms with van der Waals surface area (Å²) in [7, 11) is 0. The van der Waals surface area contributed by atoms with Crippen molar-refractivity contribution < 1.29 is 24.2 Å². The predicted octanol–water partition coefficient (Wildman–Crippen LogP) is 2.92. The van der Waals surface area contributed by atoms with Gasteiger partial charge in [0.25, 0.3) is 11.8 Å². The number of benzene rings is 1.